The van der Waals surface area contributed by atoms with Crippen LogP contribution in [0.2, 0.25) is 0 Å². The molecule has 3 saturated heterocycles. The molecular weight excluding hydrogens is 327 g/mol. The van der Waals surface area contributed by atoms with E-state index in [2.05, 4.69) is 9.97 Å². The van der Waals surface area contributed by atoms with Gasteiger partial charge >= 0.3 is 13.1 Å². The van der Waals surface area contributed by atoms with Crippen LogP contribution in [0.15, 0.2) is 12.4 Å². The van der Waals surface area contributed by atoms with E-state index in [9.17, 15) is 5.11 Å². The van der Waals surface area contributed by atoms with Crippen molar-refractivity contribution in [3.05, 3.63) is 12.4 Å². The number of aliphatic hydroxyl groups excluding tert-OH is 1. The van der Waals surface area contributed by atoms with E-state index < -0.39 is 24.4 Å². The summed E-state index contributed by atoms with van der Waals surface area (Å²) < 4.78 is 28.8. The van der Waals surface area contributed by atoms with E-state index in [1.807, 2.05) is 27.7 Å². The van der Waals surface area contributed by atoms with Crippen molar-refractivity contribution in [3.63, 3.8) is 0 Å². The van der Waals surface area contributed by atoms with Gasteiger partial charge in [0.15, 0.2) is 6.10 Å². The van der Waals surface area contributed by atoms with Crippen LogP contribution >= 0.6 is 0 Å². The Balaban J connectivity index is 1.42. The quantitative estimate of drug-likeness (QED) is 0.742. The van der Waals surface area contributed by atoms with Crippen molar-refractivity contribution >= 4 is 12.6 Å². The molecule has 0 saturated carbocycles. The lowest BCUT2D eigenvalue weighted by atomic mass is 9.81. The predicted molar refractivity (Wildman–Crippen MR) is 87.7 cm³/mol. The highest BCUT2D eigenvalue weighted by molar-refractivity contribution is 6.61. The highest BCUT2D eigenvalue weighted by Gasteiger charge is 2.52. The number of aromatic nitrogens is 2. The fourth-order valence-electron chi connectivity index (χ4n) is 3.17. The highest BCUT2D eigenvalue weighted by Crippen LogP contribution is 2.36. The molecule has 0 aromatic carbocycles. The maximum Gasteiger partial charge on any atom is 0.498 e. The van der Waals surface area contributed by atoms with Crippen molar-refractivity contribution in [2.75, 3.05) is 13.2 Å². The topological polar surface area (TPSA) is 92.2 Å². The zero-order valence-electron chi connectivity index (χ0n) is 14.8. The second-order valence-corrected chi connectivity index (χ2v) is 7.71. The molecule has 0 radical (unpaired) electrons. The lowest BCUT2D eigenvalue weighted by Gasteiger charge is -2.32. The van der Waals surface area contributed by atoms with E-state index in [1.165, 1.54) is 0 Å². The summed E-state index contributed by atoms with van der Waals surface area (Å²) in [4.78, 5) is 8.50. The van der Waals surface area contributed by atoms with Crippen molar-refractivity contribution in [1.29, 1.82) is 0 Å². The van der Waals surface area contributed by atoms with E-state index in [4.69, 9.17) is 23.5 Å². The van der Waals surface area contributed by atoms with Crippen LogP contribution in [-0.2, 0) is 18.8 Å². The Kier molecular flexibility index (Phi) is 4.04. The number of hydrogen-bond acceptors (Lipinski definition) is 8. The van der Waals surface area contributed by atoms with Crippen LogP contribution in [0, 0.1) is 0 Å². The molecule has 4 heterocycles. The van der Waals surface area contributed by atoms with Crippen LogP contribution in [0.1, 0.15) is 27.7 Å². The lowest BCUT2D eigenvalue weighted by Crippen LogP contribution is -2.41. The molecule has 0 aliphatic carbocycles. The van der Waals surface area contributed by atoms with Crippen LogP contribution in [0.3, 0.4) is 0 Å². The summed E-state index contributed by atoms with van der Waals surface area (Å²) in [6.07, 6.45) is 1.72. The average molecular weight is 350 g/mol. The number of ether oxygens (including phenoxy) is 3. The van der Waals surface area contributed by atoms with Gasteiger partial charge in [-0.2, -0.15) is 0 Å². The van der Waals surface area contributed by atoms with Crippen molar-refractivity contribution in [1.82, 2.24) is 9.97 Å². The number of fused-ring (bicyclic) bond motifs is 1. The highest BCUT2D eigenvalue weighted by atomic mass is 16.7. The summed E-state index contributed by atoms with van der Waals surface area (Å²) in [5, 5.41) is 9.76. The molecule has 0 amide bonds. The number of hydrogen-bond donors (Lipinski definition) is 1. The molecule has 9 heteroatoms. The molecule has 3 aliphatic rings. The second kappa shape index (κ2) is 5.89. The SMILES string of the molecule is CC1(C)OB(c2cnc(O[C@@H]3CO[C@H]4C3OC[C@H]4O)nc2)OC1(C)C. The molecule has 136 valence electrons. The zero-order valence-corrected chi connectivity index (χ0v) is 14.8. The molecule has 1 unspecified atom stereocenters. The molecule has 1 N–H and O–H groups in total. The molecule has 8 nitrogen and oxygen atoms in total. The first-order valence-corrected chi connectivity index (χ1v) is 8.52. The molecule has 0 spiro atoms. The minimum atomic E-state index is -0.606. The van der Waals surface area contributed by atoms with Crippen LogP contribution in [-0.4, -0.2) is 71.0 Å². The van der Waals surface area contributed by atoms with Crippen molar-refractivity contribution in [2.45, 2.75) is 63.3 Å². The molecule has 1 aromatic rings. The maximum absolute atomic E-state index is 9.76. The van der Waals surface area contributed by atoms with Gasteiger partial charge in [-0.05, 0) is 27.7 Å². The molecule has 1 aromatic heterocycles. The Hall–Kier alpha value is -1.26. The Morgan fingerprint density at radius 1 is 1.04 bits per heavy atom. The summed E-state index contributed by atoms with van der Waals surface area (Å²) in [6, 6.07) is 0.236. The second-order valence-electron chi connectivity index (χ2n) is 7.71. The molecule has 4 rings (SSSR count). The van der Waals surface area contributed by atoms with Gasteiger partial charge in [-0.15, -0.1) is 0 Å². The zero-order chi connectivity index (χ0) is 17.8. The van der Waals surface area contributed by atoms with E-state index in [1.54, 1.807) is 12.4 Å². The lowest BCUT2D eigenvalue weighted by molar-refractivity contribution is 0.00578. The summed E-state index contributed by atoms with van der Waals surface area (Å²) in [5.41, 5.74) is -0.0908. The maximum atomic E-state index is 9.76. The largest absolute Gasteiger partial charge is 0.498 e. The molecule has 0 bridgehead atoms. The van der Waals surface area contributed by atoms with Crippen LogP contribution in [0.4, 0.5) is 0 Å². The molecule has 3 fully saturated rings. The first-order valence-electron chi connectivity index (χ1n) is 8.52. The van der Waals surface area contributed by atoms with Gasteiger partial charge in [0.05, 0.1) is 24.4 Å². The van der Waals surface area contributed by atoms with Gasteiger partial charge in [0.25, 0.3) is 0 Å². The van der Waals surface area contributed by atoms with Gasteiger partial charge in [-0.3, -0.25) is 0 Å². The number of rotatable bonds is 3. The minimum absolute atomic E-state index is 0.236. The number of nitrogens with zero attached hydrogens (tertiary/aromatic N) is 2. The summed E-state index contributed by atoms with van der Waals surface area (Å²) in [5.74, 6) is 0. The first-order chi connectivity index (χ1) is 11.8. The monoisotopic (exact) mass is 350 g/mol. The smallest absolute Gasteiger partial charge is 0.455 e. The van der Waals surface area contributed by atoms with E-state index in [0.29, 0.717) is 6.61 Å². The number of aliphatic hydroxyl groups is 1. The van der Waals surface area contributed by atoms with Gasteiger partial charge in [0, 0.05) is 17.9 Å². The van der Waals surface area contributed by atoms with E-state index >= 15 is 0 Å². The molecular formula is C16H23BN2O6. The Morgan fingerprint density at radius 2 is 1.64 bits per heavy atom. The van der Waals surface area contributed by atoms with Gasteiger partial charge < -0.3 is 28.6 Å². The van der Waals surface area contributed by atoms with Gasteiger partial charge in [-0.25, -0.2) is 9.97 Å². The van der Waals surface area contributed by atoms with E-state index in [0.717, 1.165) is 5.46 Å². The first kappa shape index (κ1) is 17.2. The third-order valence-corrected chi connectivity index (χ3v) is 5.41. The average Bonchev–Trinajstić information content (AvgIpc) is 3.16. The molecule has 3 aliphatic heterocycles. The van der Waals surface area contributed by atoms with Crippen LogP contribution < -0.4 is 10.2 Å². The predicted octanol–water partition coefficient (Wildman–Crippen LogP) is -0.318. The summed E-state index contributed by atoms with van der Waals surface area (Å²) >= 11 is 0. The fourth-order valence-corrected chi connectivity index (χ4v) is 3.17. The fraction of sp³-hybridized carbons (Fsp3) is 0.750. The Bertz CT molecular complexity index is 624. The van der Waals surface area contributed by atoms with Crippen molar-refractivity contribution in [3.8, 4) is 6.01 Å². The molecule has 25 heavy (non-hydrogen) atoms. The minimum Gasteiger partial charge on any atom is -0.455 e. The van der Waals surface area contributed by atoms with Gasteiger partial charge in [0.1, 0.15) is 18.3 Å². The van der Waals surface area contributed by atoms with Gasteiger partial charge in [-0.1, -0.05) is 0 Å². The standard InChI is InChI=1S/C16H23BN2O6/c1-15(2)16(3,4)25-17(24-15)9-5-18-14(19-6-9)23-11-8-22-12-10(20)7-21-13(11)12/h5-6,10-13,20H,7-8H2,1-4H3/t10-,11-,12-,13?/m1/s1. The summed E-state index contributed by atoms with van der Waals surface area (Å²) in [7, 11) is -0.508. The third-order valence-electron chi connectivity index (χ3n) is 5.41. The van der Waals surface area contributed by atoms with Crippen LogP contribution in [0.25, 0.3) is 0 Å². The van der Waals surface area contributed by atoms with Crippen molar-refractivity contribution < 1.29 is 28.6 Å². The van der Waals surface area contributed by atoms with Gasteiger partial charge in [0.2, 0.25) is 0 Å². The molecule has 4 atom stereocenters. The normalized spacial score (nSPS) is 35.8. The Labute approximate surface area is 146 Å². The Morgan fingerprint density at radius 3 is 2.28 bits per heavy atom. The van der Waals surface area contributed by atoms with Crippen molar-refractivity contribution in [2.24, 2.45) is 0 Å². The summed E-state index contributed by atoms with van der Waals surface area (Å²) in [6.45, 7) is 8.59. The third kappa shape index (κ3) is 2.94. The van der Waals surface area contributed by atoms with Crippen LogP contribution in [0.5, 0.6) is 6.01 Å². The van der Waals surface area contributed by atoms with E-state index in [-0.39, 0.29) is 30.9 Å².